The molecule has 6 rings (SSSR count). The van der Waals surface area contributed by atoms with E-state index in [1.54, 1.807) is 6.92 Å². The maximum atomic E-state index is 13.1. The number of benzene rings is 2. The fourth-order valence-corrected chi connectivity index (χ4v) is 7.12. The Morgan fingerprint density at radius 3 is 2.65 bits per heavy atom. The van der Waals surface area contributed by atoms with Gasteiger partial charge >= 0.3 is 0 Å². The van der Waals surface area contributed by atoms with Gasteiger partial charge in [0, 0.05) is 21.9 Å². The summed E-state index contributed by atoms with van der Waals surface area (Å²) in [5, 5.41) is 7.93. The van der Waals surface area contributed by atoms with Crippen LogP contribution in [-0.2, 0) is 17.6 Å². The summed E-state index contributed by atoms with van der Waals surface area (Å²) in [6.45, 7) is 1.79. The van der Waals surface area contributed by atoms with Gasteiger partial charge in [0.25, 0.3) is 5.56 Å². The minimum Gasteiger partial charge on any atom is -0.301 e. The molecule has 3 heterocycles. The van der Waals surface area contributed by atoms with Gasteiger partial charge in [-0.15, -0.1) is 22.7 Å². The Bertz CT molecular complexity index is 1660. The minimum absolute atomic E-state index is 0.179. The number of thiophene rings is 1. The number of thioether (sulfide) groups is 1. The Morgan fingerprint density at radius 1 is 1.00 bits per heavy atom. The number of aromatic nitrogens is 3. The van der Waals surface area contributed by atoms with Gasteiger partial charge in [0.2, 0.25) is 5.91 Å². The first-order valence-electron chi connectivity index (χ1n) is 12.2. The molecular weight excluding hydrogens is 521 g/mol. The summed E-state index contributed by atoms with van der Waals surface area (Å²) in [5.41, 5.74) is 6.43. The number of aryl methyl sites for hydroxylation is 2. The molecule has 1 amide bonds. The third-order valence-electron chi connectivity index (χ3n) is 6.54. The van der Waals surface area contributed by atoms with E-state index >= 15 is 0 Å². The van der Waals surface area contributed by atoms with Crippen LogP contribution in [0.3, 0.4) is 0 Å². The number of hydrogen-bond donors (Lipinski definition) is 2. The molecule has 0 saturated carbocycles. The van der Waals surface area contributed by atoms with Gasteiger partial charge < -0.3 is 10.3 Å². The van der Waals surface area contributed by atoms with Crippen molar-refractivity contribution in [2.45, 2.75) is 43.0 Å². The summed E-state index contributed by atoms with van der Waals surface area (Å²) in [6.07, 6.45) is 4.68. The number of amides is 1. The number of nitrogens with zero attached hydrogens (tertiary/aromatic N) is 2. The van der Waals surface area contributed by atoms with Crippen molar-refractivity contribution in [3.8, 4) is 22.4 Å². The zero-order valence-electron chi connectivity index (χ0n) is 20.1. The summed E-state index contributed by atoms with van der Waals surface area (Å²) in [7, 11) is 0. The average molecular weight is 545 g/mol. The molecule has 5 aromatic rings. The van der Waals surface area contributed by atoms with Crippen molar-refractivity contribution in [1.82, 2.24) is 15.0 Å². The largest absolute Gasteiger partial charge is 0.301 e. The molecule has 186 valence electrons. The number of hydrogen-bond acceptors (Lipinski definition) is 7. The van der Waals surface area contributed by atoms with E-state index in [4.69, 9.17) is 0 Å². The number of H-pyrrole nitrogens is 1. The van der Waals surface area contributed by atoms with E-state index in [0.29, 0.717) is 20.5 Å². The third kappa shape index (κ3) is 4.99. The first-order valence-corrected chi connectivity index (χ1v) is 14.8. The molecule has 0 aliphatic heterocycles. The highest BCUT2D eigenvalue weighted by Gasteiger charge is 2.20. The zero-order valence-corrected chi connectivity index (χ0v) is 22.6. The second-order valence-corrected chi connectivity index (χ2v) is 12.1. The third-order valence-corrected chi connectivity index (χ3v) is 9.16. The van der Waals surface area contributed by atoms with Gasteiger partial charge in [-0.05, 0) is 49.3 Å². The van der Waals surface area contributed by atoms with Crippen LogP contribution in [0.5, 0.6) is 0 Å². The number of thiazole rings is 1. The normalized spacial score (nSPS) is 13.9. The van der Waals surface area contributed by atoms with Gasteiger partial charge in [-0.3, -0.25) is 9.59 Å². The topological polar surface area (TPSA) is 87.7 Å². The van der Waals surface area contributed by atoms with Gasteiger partial charge in [0.1, 0.15) is 4.83 Å². The highest BCUT2D eigenvalue weighted by molar-refractivity contribution is 8.00. The molecule has 1 atom stereocenters. The summed E-state index contributed by atoms with van der Waals surface area (Å²) in [4.78, 5) is 38.7. The molecule has 3 aromatic heterocycles. The van der Waals surface area contributed by atoms with E-state index in [1.165, 1.54) is 58.4 Å². The quantitative estimate of drug-likeness (QED) is 0.182. The Balaban J connectivity index is 1.18. The molecule has 6 nitrogen and oxygen atoms in total. The molecule has 0 bridgehead atoms. The number of carbonyl (C=O) groups excluding carboxylic acids is 1. The van der Waals surface area contributed by atoms with Crippen molar-refractivity contribution >= 4 is 55.7 Å². The molecule has 0 spiro atoms. The number of rotatable bonds is 6. The maximum absolute atomic E-state index is 13.1. The lowest BCUT2D eigenvalue weighted by Crippen LogP contribution is -2.23. The second kappa shape index (κ2) is 10.2. The molecule has 9 heteroatoms. The van der Waals surface area contributed by atoms with Crippen LogP contribution in [-0.4, -0.2) is 26.1 Å². The number of fused-ring (bicyclic) bond motifs is 2. The molecule has 0 radical (unpaired) electrons. The molecule has 37 heavy (non-hydrogen) atoms. The molecule has 1 aliphatic rings. The predicted molar refractivity (Wildman–Crippen MR) is 154 cm³/mol. The van der Waals surface area contributed by atoms with Crippen molar-refractivity contribution in [3.63, 3.8) is 0 Å². The van der Waals surface area contributed by atoms with Crippen LogP contribution in [0, 0.1) is 0 Å². The lowest BCUT2D eigenvalue weighted by Gasteiger charge is -2.16. The summed E-state index contributed by atoms with van der Waals surface area (Å²) in [5.74, 6) is -0.192. The Hall–Kier alpha value is -3.27. The van der Waals surface area contributed by atoms with E-state index < -0.39 is 5.25 Å². The van der Waals surface area contributed by atoms with Crippen molar-refractivity contribution < 1.29 is 4.79 Å². The van der Waals surface area contributed by atoms with Crippen molar-refractivity contribution in [2.75, 3.05) is 5.32 Å². The van der Waals surface area contributed by atoms with E-state index in [-0.39, 0.29) is 11.5 Å². The van der Waals surface area contributed by atoms with Gasteiger partial charge in [-0.1, -0.05) is 60.3 Å². The lowest BCUT2D eigenvalue weighted by molar-refractivity contribution is -0.115. The molecule has 2 N–H and O–H groups in total. The van der Waals surface area contributed by atoms with Gasteiger partial charge in [0.05, 0.1) is 16.3 Å². The second-order valence-electron chi connectivity index (χ2n) is 9.04. The lowest BCUT2D eigenvalue weighted by atomic mass is 9.89. The van der Waals surface area contributed by atoms with Crippen molar-refractivity contribution in [1.29, 1.82) is 0 Å². The number of aromatic amines is 1. The van der Waals surface area contributed by atoms with E-state index in [0.717, 1.165) is 35.2 Å². The van der Waals surface area contributed by atoms with Crippen molar-refractivity contribution in [3.05, 3.63) is 80.8 Å². The van der Waals surface area contributed by atoms with Gasteiger partial charge in [0.15, 0.2) is 10.3 Å². The van der Waals surface area contributed by atoms with E-state index in [1.807, 2.05) is 41.1 Å². The molecular formula is C28H24N4O2S3. The monoisotopic (exact) mass is 544 g/mol. The SMILES string of the molecule is CC(Sc1nc2scc(-c3ccc4c(c3)CCCC4)c2c(=O)[nH]1)C(=O)Nc1nc(-c2ccccc2)cs1. The summed E-state index contributed by atoms with van der Waals surface area (Å²) in [6, 6.07) is 16.4. The van der Waals surface area contributed by atoms with Crippen LogP contribution in [0.15, 0.2) is 69.2 Å². The Morgan fingerprint density at radius 2 is 1.81 bits per heavy atom. The first kappa shape index (κ1) is 24.1. The van der Waals surface area contributed by atoms with Gasteiger partial charge in [-0.2, -0.15) is 0 Å². The number of carbonyl (C=O) groups is 1. The fraction of sp³-hybridized carbons (Fsp3) is 0.214. The van der Waals surface area contributed by atoms with Crippen LogP contribution in [0.25, 0.3) is 32.6 Å². The molecule has 2 aromatic carbocycles. The van der Waals surface area contributed by atoms with Crippen LogP contribution in [0.2, 0.25) is 0 Å². The standard InChI is InChI=1S/C28H24N4O2S3/c1-16(24(33)30-27-29-22(15-36-27)18-8-3-2-4-9-18)37-28-31-25(34)23-21(14-35-26(23)32-28)20-12-11-17-7-5-6-10-19(17)13-20/h2-4,8-9,11-16H,5-7,10H2,1H3,(H,29,30,33)(H,31,32,34). The van der Waals surface area contributed by atoms with E-state index in [2.05, 4.69) is 38.5 Å². The van der Waals surface area contributed by atoms with Gasteiger partial charge in [-0.25, -0.2) is 9.97 Å². The number of nitrogens with one attached hydrogen (secondary N) is 2. The molecule has 0 fully saturated rings. The molecule has 1 aliphatic carbocycles. The highest BCUT2D eigenvalue weighted by atomic mass is 32.2. The zero-order chi connectivity index (χ0) is 25.4. The molecule has 1 unspecified atom stereocenters. The van der Waals surface area contributed by atoms with Crippen LogP contribution >= 0.6 is 34.4 Å². The van der Waals surface area contributed by atoms with Crippen molar-refractivity contribution in [2.24, 2.45) is 0 Å². The van der Waals surface area contributed by atoms with Crippen LogP contribution in [0.1, 0.15) is 30.9 Å². The first-order chi connectivity index (χ1) is 18.0. The Kier molecular flexibility index (Phi) is 6.67. The molecule has 0 saturated heterocycles. The minimum atomic E-state index is -0.468. The fourth-order valence-electron chi connectivity index (χ4n) is 4.60. The van der Waals surface area contributed by atoms with Crippen LogP contribution in [0.4, 0.5) is 5.13 Å². The smallest absolute Gasteiger partial charge is 0.260 e. The summed E-state index contributed by atoms with van der Waals surface area (Å²) >= 11 is 4.08. The summed E-state index contributed by atoms with van der Waals surface area (Å²) < 4.78 is 0. The predicted octanol–water partition coefficient (Wildman–Crippen LogP) is 6.77. The average Bonchev–Trinajstić information content (AvgIpc) is 3.56. The Labute approximate surface area is 226 Å². The number of anilines is 1. The maximum Gasteiger partial charge on any atom is 0.260 e. The van der Waals surface area contributed by atoms with Crippen LogP contribution < -0.4 is 10.9 Å². The van der Waals surface area contributed by atoms with E-state index in [9.17, 15) is 9.59 Å². The highest BCUT2D eigenvalue weighted by Crippen LogP contribution is 2.34.